The fourth-order valence-electron chi connectivity index (χ4n) is 3.57. The maximum absolute atomic E-state index is 13.0. The quantitative estimate of drug-likeness (QED) is 0.473. The molecule has 0 radical (unpaired) electrons. The number of methoxy groups -OCH3 is 1. The molecule has 160 valence electrons. The van der Waals surface area contributed by atoms with Gasteiger partial charge in [0.05, 0.1) is 7.11 Å². The number of halogens is 1. The van der Waals surface area contributed by atoms with Gasteiger partial charge in [-0.1, -0.05) is 35.2 Å². The third kappa shape index (κ3) is 4.64. The van der Waals surface area contributed by atoms with E-state index in [1.807, 2.05) is 0 Å². The molecule has 0 atom stereocenters. The fraction of sp³-hybridized carbons (Fsp3) is 0.400. The molecule has 1 aromatic rings. The summed E-state index contributed by atoms with van der Waals surface area (Å²) >= 11 is 3.34. The number of nitrogens with one attached hydrogen (secondary N) is 1. The zero-order valence-electron chi connectivity index (χ0n) is 16.3. The second kappa shape index (κ2) is 9.29. The third-order valence-electron chi connectivity index (χ3n) is 5.01. The van der Waals surface area contributed by atoms with Crippen molar-refractivity contribution in [2.75, 3.05) is 13.7 Å². The SMILES string of the molecule is COc1cc(C=C2C(=O)NC(=O)N(C3CCCCC3)C2=O)c(Br)cc1OCC(=O)O. The lowest BCUT2D eigenvalue weighted by atomic mass is 9.93. The van der Waals surface area contributed by atoms with Gasteiger partial charge in [0.15, 0.2) is 18.1 Å². The van der Waals surface area contributed by atoms with Crippen molar-refractivity contribution in [1.29, 1.82) is 0 Å². The summed E-state index contributed by atoms with van der Waals surface area (Å²) in [6, 6.07) is 2.08. The Hall–Kier alpha value is -2.88. The summed E-state index contributed by atoms with van der Waals surface area (Å²) in [6.07, 6.45) is 5.71. The number of rotatable bonds is 6. The van der Waals surface area contributed by atoms with Gasteiger partial charge in [0.2, 0.25) is 0 Å². The molecule has 3 rings (SSSR count). The number of nitrogens with zero attached hydrogens (tertiary/aromatic N) is 1. The minimum absolute atomic E-state index is 0.165. The number of benzene rings is 1. The van der Waals surface area contributed by atoms with E-state index < -0.39 is 30.4 Å². The van der Waals surface area contributed by atoms with Crippen molar-refractivity contribution in [3.8, 4) is 11.5 Å². The van der Waals surface area contributed by atoms with Crippen molar-refractivity contribution >= 4 is 45.8 Å². The minimum atomic E-state index is -1.14. The van der Waals surface area contributed by atoms with Gasteiger partial charge < -0.3 is 14.6 Å². The van der Waals surface area contributed by atoms with E-state index in [1.165, 1.54) is 25.3 Å². The summed E-state index contributed by atoms with van der Waals surface area (Å²) in [6.45, 7) is -0.553. The van der Waals surface area contributed by atoms with E-state index in [1.54, 1.807) is 0 Å². The molecule has 4 amide bonds. The number of carboxylic acids is 1. The van der Waals surface area contributed by atoms with Crippen LogP contribution in [0.2, 0.25) is 0 Å². The van der Waals surface area contributed by atoms with Crippen LogP contribution in [0, 0.1) is 0 Å². The maximum Gasteiger partial charge on any atom is 0.341 e. The summed E-state index contributed by atoms with van der Waals surface area (Å²) in [5.41, 5.74) is 0.271. The lowest BCUT2D eigenvalue weighted by Crippen LogP contribution is -2.58. The van der Waals surface area contributed by atoms with E-state index in [4.69, 9.17) is 14.6 Å². The fourth-order valence-corrected chi connectivity index (χ4v) is 4.01. The molecule has 0 spiro atoms. The average Bonchev–Trinajstić information content (AvgIpc) is 2.71. The van der Waals surface area contributed by atoms with Gasteiger partial charge in [0.25, 0.3) is 11.8 Å². The lowest BCUT2D eigenvalue weighted by molar-refractivity contribution is -0.139. The van der Waals surface area contributed by atoms with Gasteiger partial charge in [-0.25, -0.2) is 9.59 Å². The molecule has 0 bridgehead atoms. The Morgan fingerprint density at radius 3 is 2.57 bits per heavy atom. The molecule has 1 aromatic carbocycles. The molecular formula is C20H21BrN2O7. The minimum Gasteiger partial charge on any atom is -0.493 e. The van der Waals surface area contributed by atoms with Crippen molar-refractivity contribution in [2.24, 2.45) is 0 Å². The monoisotopic (exact) mass is 480 g/mol. The van der Waals surface area contributed by atoms with Crippen LogP contribution in [0.15, 0.2) is 22.2 Å². The van der Waals surface area contributed by atoms with E-state index in [2.05, 4.69) is 21.2 Å². The number of carbonyl (C=O) groups is 4. The number of hydrogen-bond acceptors (Lipinski definition) is 6. The third-order valence-corrected chi connectivity index (χ3v) is 5.69. The van der Waals surface area contributed by atoms with Crippen LogP contribution in [-0.4, -0.2) is 53.6 Å². The lowest BCUT2D eigenvalue weighted by Gasteiger charge is -2.35. The molecule has 2 aliphatic rings. The van der Waals surface area contributed by atoms with Gasteiger partial charge in [-0.3, -0.25) is 19.8 Å². The Labute approximate surface area is 181 Å². The van der Waals surface area contributed by atoms with Crippen molar-refractivity contribution in [3.63, 3.8) is 0 Å². The highest BCUT2D eigenvalue weighted by atomic mass is 79.9. The van der Waals surface area contributed by atoms with E-state index in [-0.39, 0.29) is 23.1 Å². The van der Waals surface area contributed by atoms with E-state index in [0.717, 1.165) is 24.2 Å². The van der Waals surface area contributed by atoms with Gasteiger partial charge in [-0.15, -0.1) is 0 Å². The summed E-state index contributed by atoms with van der Waals surface area (Å²) < 4.78 is 10.9. The normalized spacial score (nSPS) is 19.1. The first kappa shape index (κ1) is 21.8. The Kier molecular flexibility index (Phi) is 6.76. The van der Waals surface area contributed by atoms with Crippen LogP contribution in [0.4, 0.5) is 4.79 Å². The maximum atomic E-state index is 13.0. The van der Waals surface area contributed by atoms with Gasteiger partial charge in [-0.05, 0) is 36.6 Å². The first-order chi connectivity index (χ1) is 14.3. The zero-order chi connectivity index (χ0) is 21.8. The molecule has 0 unspecified atom stereocenters. The van der Waals surface area contributed by atoms with Gasteiger partial charge >= 0.3 is 12.0 Å². The van der Waals surface area contributed by atoms with Gasteiger partial charge in [-0.2, -0.15) is 0 Å². The molecule has 2 N–H and O–H groups in total. The summed E-state index contributed by atoms with van der Waals surface area (Å²) in [7, 11) is 1.38. The smallest absolute Gasteiger partial charge is 0.341 e. The molecule has 1 saturated carbocycles. The number of imide groups is 2. The second-order valence-corrected chi connectivity index (χ2v) is 7.85. The number of amides is 4. The van der Waals surface area contributed by atoms with Crippen LogP contribution in [0.1, 0.15) is 37.7 Å². The molecule has 10 heteroatoms. The number of hydrogen-bond donors (Lipinski definition) is 2. The predicted molar refractivity (Wildman–Crippen MR) is 109 cm³/mol. The largest absolute Gasteiger partial charge is 0.493 e. The molecule has 30 heavy (non-hydrogen) atoms. The van der Waals surface area contributed by atoms with E-state index >= 15 is 0 Å². The number of aliphatic carboxylic acids is 1. The molecular weight excluding hydrogens is 460 g/mol. The molecule has 1 saturated heterocycles. The van der Waals surface area contributed by atoms with Crippen molar-refractivity contribution in [3.05, 3.63) is 27.7 Å². The standard InChI is InChI=1S/C20H21BrN2O7/c1-29-15-8-11(14(21)9-16(15)30-10-17(24)25)7-13-18(26)22-20(28)23(19(13)27)12-5-3-2-4-6-12/h7-9,12H,2-6,10H2,1H3,(H,24,25)(H,22,26,28). The average molecular weight is 481 g/mol. The number of carboxylic acid groups (broad SMARTS) is 1. The summed E-state index contributed by atoms with van der Waals surface area (Å²) in [5.74, 6) is -2.12. The van der Waals surface area contributed by atoms with Crippen LogP contribution in [-0.2, 0) is 14.4 Å². The number of ether oxygens (including phenoxy) is 2. The molecule has 1 heterocycles. The highest BCUT2D eigenvalue weighted by Gasteiger charge is 2.40. The van der Waals surface area contributed by atoms with Crippen LogP contribution >= 0.6 is 15.9 Å². The number of barbiturate groups is 1. The molecule has 9 nitrogen and oxygen atoms in total. The number of urea groups is 1. The van der Waals surface area contributed by atoms with Crippen molar-refractivity contribution in [2.45, 2.75) is 38.1 Å². The van der Waals surface area contributed by atoms with Crippen LogP contribution in [0.5, 0.6) is 11.5 Å². The van der Waals surface area contributed by atoms with Crippen molar-refractivity contribution in [1.82, 2.24) is 10.2 Å². The highest BCUT2D eigenvalue weighted by Crippen LogP contribution is 2.35. The Bertz CT molecular complexity index is 922. The predicted octanol–water partition coefficient (Wildman–Crippen LogP) is 2.72. The van der Waals surface area contributed by atoms with E-state index in [9.17, 15) is 19.2 Å². The Morgan fingerprint density at radius 2 is 1.93 bits per heavy atom. The molecule has 0 aromatic heterocycles. The van der Waals surface area contributed by atoms with Crippen molar-refractivity contribution < 1.29 is 33.8 Å². The topological polar surface area (TPSA) is 122 Å². The Balaban J connectivity index is 1.93. The van der Waals surface area contributed by atoms with E-state index in [0.29, 0.717) is 22.9 Å². The van der Waals surface area contributed by atoms with Crippen LogP contribution in [0.25, 0.3) is 6.08 Å². The van der Waals surface area contributed by atoms with Crippen LogP contribution in [0.3, 0.4) is 0 Å². The molecule has 1 aliphatic heterocycles. The van der Waals surface area contributed by atoms with Crippen LogP contribution < -0.4 is 14.8 Å². The van der Waals surface area contributed by atoms with Gasteiger partial charge in [0, 0.05) is 10.5 Å². The number of carbonyl (C=O) groups excluding carboxylic acids is 3. The molecule has 2 fully saturated rings. The van der Waals surface area contributed by atoms with Gasteiger partial charge in [0.1, 0.15) is 5.57 Å². The first-order valence-electron chi connectivity index (χ1n) is 9.44. The zero-order valence-corrected chi connectivity index (χ0v) is 17.9. The first-order valence-corrected chi connectivity index (χ1v) is 10.2. The molecule has 1 aliphatic carbocycles. The Morgan fingerprint density at radius 1 is 1.23 bits per heavy atom. The summed E-state index contributed by atoms with van der Waals surface area (Å²) in [5, 5.41) is 11.0. The summed E-state index contributed by atoms with van der Waals surface area (Å²) in [4.78, 5) is 49.6. The second-order valence-electron chi connectivity index (χ2n) is 6.99. The highest BCUT2D eigenvalue weighted by molar-refractivity contribution is 9.10.